The Morgan fingerprint density at radius 3 is 2.58 bits per heavy atom. The standard InChI is InChI=1S/C6H11Cl2NO2S/c7-1-4(8)2-12-3-5(9)6(10)11/h4-5H,1-3,9H2,(H,10,11)/t4?,5-/m0/s1. The van der Waals surface area contributed by atoms with Crippen LogP contribution < -0.4 is 5.73 Å². The van der Waals surface area contributed by atoms with E-state index in [0.717, 1.165) is 0 Å². The van der Waals surface area contributed by atoms with Crippen LogP contribution in [-0.2, 0) is 4.79 Å². The topological polar surface area (TPSA) is 63.3 Å². The molecular formula is C6H11Cl2NO2S. The van der Waals surface area contributed by atoms with Crippen LogP contribution in [0.15, 0.2) is 0 Å². The van der Waals surface area contributed by atoms with Crippen molar-refractivity contribution in [1.29, 1.82) is 0 Å². The van der Waals surface area contributed by atoms with Gasteiger partial charge in [-0.25, -0.2) is 0 Å². The Bertz CT molecular complexity index is 148. The Balaban J connectivity index is 3.37. The average Bonchev–Trinajstić information content (AvgIpc) is 2.03. The lowest BCUT2D eigenvalue weighted by molar-refractivity contribution is -0.137. The molecule has 0 aliphatic carbocycles. The maximum absolute atomic E-state index is 10.2. The van der Waals surface area contributed by atoms with Gasteiger partial charge in [0.25, 0.3) is 0 Å². The summed E-state index contributed by atoms with van der Waals surface area (Å²) in [4.78, 5) is 10.2. The molecule has 0 amide bonds. The van der Waals surface area contributed by atoms with Gasteiger partial charge in [-0.15, -0.1) is 23.2 Å². The SMILES string of the molecule is N[C@@H](CSCC(Cl)CCl)C(=O)O. The number of hydrogen-bond donors (Lipinski definition) is 2. The zero-order valence-electron chi connectivity index (χ0n) is 6.37. The van der Waals surface area contributed by atoms with Crippen molar-refractivity contribution >= 4 is 40.9 Å². The first-order valence-electron chi connectivity index (χ1n) is 3.34. The van der Waals surface area contributed by atoms with Crippen molar-refractivity contribution in [3.63, 3.8) is 0 Å². The van der Waals surface area contributed by atoms with Crippen molar-refractivity contribution in [1.82, 2.24) is 0 Å². The van der Waals surface area contributed by atoms with Crippen molar-refractivity contribution in [2.75, 3.05) is 17.4 Å². The molecule has 0 saturated carbocycles. The number of thioether (sulfide) groups is 1. The van der Waals surface area contributed by atoms with E-state index in [0.29, 0.717) is 17.4 Å². The summed E-state index contributed by atoms with van der Waals surface area (Å²) in [5.41, 5.74) is 5.25. The van der Waals surface area contributed by atoms with Crippen LogP contribution in [0.25, 0.3) is 0 Å². The van der Waals surface area contributed by atoms with Crippen molar-refractivity contribution in [3.05, 3.63) is 0 Å². The van der Waals surface area contributed by atoms with Gasteiger partial charge in [-0.05, 0) is 0 Å². The summed E-state index contributed by atoms with van der Waals surface area (Å²) < 4.78 is 0. The smallest absolute Gasteiger partial charge is 0.321 e. The lowest BCUT2D eigenvalue weighted by Gasteiger charge is -2.07. The zero-order chi connectivity index (χ0) is 9.56. The number of halogens is 2. The Morgan fingerprint density at radius 2 is 2.17 bits per heavy atom. The first kappa shape index (κ1) is 12.4. The molecule has 72 valence electrons. The summed E-state index contributed by atoms with van der Waals surface area (Å²) in [6.45, 7) is 0. The number of aliphatic carboxylic acids is 1. The van der Waals surface area contributed by atoms with Crippen LogP contribution in [0.1, 0.15) is 0 Å². The minimum atomic E-state index is -0.987. The molecule has 1 unspecified atom stereocenters. The van der Waals surface area contributed by atoms with E-state index in [2.05, 4.69) is 0 Å². The van der Waals surface area contributed by atoms with E-state index >= 15 is 0 Å². The molecule has 0 aromatic carbocycles. The molecule has 0 spiro atoms. The number of nitrogens with two attached hydrogens (primary N) is 1. The van der Waals surface area contributed by atoms with Crippen LogP contribution in [0.4, 0.5) is 0 Å². The van der Waals surface area contributed by atoms with Crippen LogP contribution in [0.5, 0.6) is 0 Å². The van der Waals surface area contributed by atoms with Gasteiger partial charge in [0.15, 0.2) is 0 Å². The third-order valence-corrected chi connectivity index (χ3v) is 3.34. The van der Waals surface area contributed by atoms with Crippen LogP contribution >= 0.6 is 35.0 Å². The second kappa shape index (κ2) is 6.83. The minimum absolute atomic E-state index is 0.113. The molecule has 0 aromatic rings. The number of carboxylic acid groups (broad SMARTS) is 1. The van der Waals surface area contributed by atoms with Gasteiger partial charge < -0.3 is 10.8 Å². The molecule has 0 aromatic heterocycles. The van der Waals surface area contributed by atoms with Gasteiger partial charge in [0.2, 0.25) is 0 Å². The predicted octanol–water partition coefficient (Wildman–Crippen LogP) is 0.978. The van der Waals surface area contributed by atoms with Crippen LogP contribution in [0.3, 0.4) is 0 Å². The number of carboxylic acids is 1. The lowest BCUT2D eigenvalue weighted by Crippen LogP contribution is -2.32. The molecule has 0 heterocycles. The van der Waals surface area contributed by atoms with E-state index in [1.54, 1.807) is 0 Å². The fraction of sp³-hybridized carbons (Fsp3) is 0.833. The average molecular weight is 232 g/mol. The van der Waals surface area contributed by atoms with E-state index in [9.17, 15) is 4.79 Å². The molecule has 0 aliphatic heterocycles. The molecule has 0 saturated heterocycles. The molecule has 0 radical (unpaired) electrons. The molecule has 0 rings (SSSR count). The van der Waals surface area contributed by atoms with E-state index < -0.39 is 12.0 Å². The Hall–Kier alpha value is 0.360. The first-order chi connectivity index (χ1) is 5.57. The number of carbonyl (C=O) groups is 1. The van der Waals surface area contributed by atoms with Crippen LogP contribution in [0.2, 0.25) is 0 Å². The Morgan fingerprint density at radius 1 is 1.58 bits per heavy atom. The monoisotopic (exact) mass is 231 g/mol. The van der Waals surface area contributed by atoms with Gasteiger partial charge in [-0.3, -0.25) is 4.79 Å². The number of rotatable bonds is 6. The van der Waals surface area contributed by atoms with Gasteiger partial charge in [-0.2, -0.15) is 11.8 Å². The van der Waals surface area contributed by atoms with Gasteiger partial charge in [0.1, 0.15) is 6.04 Å². The summed E-state index contributed by atoms with van der Waals surface area (Å²) in [5, 5.41) is 8.29. The highest BCUT2D eigenvalue weighted by atomic mass is 35.5. The third-order valence-electron chi connectivity index (χ3n) is 1.08. The third kappa shape index (κ3) is 5.94. The highest BCUT2D eigenvalue weighted by Gasteiger charge is 2.11. The summed E-state index contributed by atoms with van der Waals surface area (Å²) in [6.07, 6.45) is 0. The summed E-state index contributed by atoms with van der Waals surface area (Å²) >= 11 is 12.5. The maximum atomic E-state index is 10.2. The quantitative estimate of drug-likeness (QED) is 0.670. The number of hydrogen-bond acceptors (Lipinski definition) is 3. The van der Waals surface area contributed by atoms with E-state index in [4.69, 9.17) is 34.0 Å². The zero-order valence-corrected chi connectivity index (χ0v) is 8.70. The van der Waals surface area contributed by atoms with Gasteiger partial charge in [0.05, 0.1) is 5.38 Å². The second-order valence-electron chi connectivity index (χ2n) is 2.23. The maximum Gasteiger partial charge on any atom is 0.321 e. The van der Waals surface area contributed by atoms with Gasteiger partial charge in [-0.1, -0.05) is 0 Å². The van der Waals surface area contributed by atoms with Crippen LogP contribution in [0, 0.1) is 0 Å². The van der Waals surface area contributed by atoms with Gasteiger partial charge in [0, 0.05) is 17.4 Å². The summed E-state index contributed by atoms with van der Waals surface area (Å²) in [7, 11) is 0. The molecule has 6 heteroatoms. The predicted molar refractivity (Wildman–Crippen MR) is 53.3 cm³/mol. The van der Waals surface area contributed by atoms with Crippen molar-refractivity contribution in [2.45, 2.75) is 11.4 Å². The molecule has 0 fully saturated rings. The fourth-order valence-corrected chi connectivity index (χ4v) is 1.85. The molecular weight excluding hydrogens is 221 g/mol. The summed E-state index contributed by atoms with van der Waals surface area (Å²) in [5.74, 6) is 0.387. The number of alkyl halides is 2. The van der Waals surface area contributed by atoms with Gasteiger partial charge >= 0.3 is 5.97 Å². The minimum Gasteiger partial charge on any atom is -0.480 e. The highest BCUT2D eigenvalue weighted by Crippen LogP contribution is 2.10. The van der Waals surface area contributed by atoms with Crippen molar-refractivity contribution < 1.29 is 9.90 Å². The Kier molecular flexibility index (Phi) is 7.04. The van der Waals surface area contributed by atoms with E-state index in [-0.39, 0.29) is 5.38 Å². The van der Waals surface area contributed by atoms with Crippen LogP contribution in [-0.4, -0.2) is 39.9 Å². The molecule has 0 aliphatic rings. The molecule has 3 nitrogen and oxygen atoms in total. The molecule has 3 N–H and O–H groups in total. The molecule has 2 atom stereocenters. The largest absolute Gasteiger partial charge is 0.480 e. The lowest BCUT2D eigenvalue weighted by atomic mass is 10.4. The fourth-order valence-electron chi connectivity index (χ4n) is 0.439. The molecule has 12 heavy (non-hydrogen) atoms. The normalized spacial score (nSPS) is 15.6. The van der Waals surface area contributed by atoms with Crippen molar-refractivity contribution in [3.8, 4) is 0 Å². The highest BCUT2D eigenvalue weighted by molar-refractivity contribution is 7.99. The second-order valence-corrected chi connectivity index (χ2v) is 4.23. The first-order valence-corrected chi connectivity index (χ1v) is 5.46. The van der Waals surface area contributed by atoms with E-state index in [1.807, 2.05) is 0 Å². The Labute approximate surface area is 85.6 Å². The van der Waals surface area contributed by atoms with E-state index in [1.165, 1.54) is 11.8 Å². The van der Waals surface area contributed by atoms with Crippen molar-refractivity contribution in [2.24, 2.45) is 5.73 Å². The molecule has 0 bridgehead atoms. The summed E-state index contributed by atoms with van der Waals surface area (Å²) in [6, 6.07) is -0.811.